The van der Waals surface area contributed by atoms with E-state index in [1.54, 1.807) is 6.07 Å². The van der Waals surface area contributed by atoms with E-state index in [1.807, 2.05) is 18.2 Å². The van der Waals surface area contributed by atoms with Gasteiger partial charge in [-0.1, -0.05) is 18.9 Å². The van der Waals surface area contributed by atoms with Crippen LogP contribution in [0.3, 0.4) is 0 Å². The van der Waals surface area contributed by atoms with Gasteiger partial charge in [0.25, 0.3) is 0 Å². The fraction of sp³-hybridized carbons (Fsp3) is 0.538. The van der Waals surface area contributed by atoms with E-state index >= 15 is 0 Å². The van der Waals surface area contributed by atoms with Crippen molar-refractivity contribution in [2.24, 2.45) is 11.7 Å². The molecule has 1 heterocycles. The number of rotatable bonds is 4. The lowest BCUT2D eigenvalue weighted by Crippen LogP contribution is -2.35. The summed E-state index contributed by atoms with van der Waals surface area (Å²) in [6, 6.07) is 7.76. The molecule has 0 aliphatic heterocycles. The van der Waals surface area contributed by atoms with E-state index in [1.165, 1.54) is 25.7 Å². The standard InChI is InChI=1S/C13H18N4/c14-8-11-6-3-7-13(16-11)17-12(9-15)10-4-1-2-5-10/h3,6-7,10,12H,1-2,4-5,9,15H2,(H,16,17). The molecule has 4 nitrogen and oxygen atoms in total. The van der Waals surface area contributed by atoms with Crippen LogP contribution in [0.15, 0.2) is 18.2 Å². The van der Waals surface area contributed by atoms with Crippen molar-refractivity contribution in [3.63, 3.8) is 0 Å². The average molecular weight is 230 g/mol. The largest absolute Gasteiger partial charge is 0.366 e. The highest BCUT2D eigenvalue weighted by Gasteiger charge is 2.23. The van der Waals surface area contributed by atoms with Gasteiger partial charge in [0.1, 0.15) is 17.6 Å². The first-order chi connectivity index (χ1) is 8.33. The van der Waals surface area contributed by atoms with Crippen LogP contribution in [0.2, 0.25) is 0 Å². The van der Waals surface area contributed by atoms with Crippen molar-refractivity contribution in [2.75, 3.05) is 11.9 Å². The van der Waals surface area contributed by atoms with Gasteiger partial charge in [-0.25, -0.2) is 4.98 Å². The number of anilines is 1. The minimum atomic E-state index is 0.277. The Hall–Kier alpha value is -1.60. The third-order valence-corrected chi connectivity index (χ3v) is 3.42. The first-order valence-electron chi connectivity index (χ1n) is 6.17. The van der Waals surface area contributed by atoms with E-state index in [0.717, 1.165) is 5.82 Å². The minimum absolute atomic E-state index is 0.277. The predicted octanol–water partition coefficient (Wildman–Crippen LogP) is 1.88. The van der Waals surface area contributed by atoms with Gasteiger partial charge in [0.05, 0.1) is 0 Å². The van der Waals surface area contributed by atoms with Crippen molar-refractivity contribution in [3.05, 3.63) is 23.9 Å². The Balaban J connectivity index is 2.04. The monoisotopic (exact) mass is 230 g/mol. The van der Waals surface area contributed by atoms with Gasteiger partial charge in [-0.15, -0.1) is 0 Å². The maximum absolute atomic E-state index is 8.80. The second-order valence-corrected chi connectivity index (χ2v) is 4.55. The second-order valence-electron chi connectivity index (χ2n) is 4.55. The Morgan fingerprint density at radius 3 is 2.88 bits per heavy atom. The van der Waals surface area contributed by atoms with Crippen LogP contribution in [0.1, 0.15) is 31.4 Å². The van der Waals surface area contributed by atoms with Gasteiger partial charge in [0.2, 0.25) is 0 Å². The lowest BCUT2D eigenvalue weighted by Gasteiger charge is -2.23. The maximum Gasteiger partial charge on any atom is 0.142 e. The van der Waals surface area contributed by atoms with Gasteiger partial charge in [-0.2, -0.15) is 5.26 Å². The highest BCUT2D eigenvalue weighted by atomic mass is 15.0. The van der Waals surface area contributed by atoms with E-state index < -0.39 is 0 Å². The third-order valence-electron chi connectivity index (χ3n) is 3.42. The molecule has 3 N–H and O–H groups in total. The van der Waals surface area contributed by atoms with E-state index in [0.29, 0.717) is 18.2 Å². The number of hydrogen-bond acceptors (Lipinski definition) is 4. The van der Waals surface area contributed by atoms with Crippen LogP contribution in [-0.4, -0.2) is 17.6 Å². The van der Waals surface area contributed by atoms with E-state index in [4.69, 9.17) is 11.0 Å². The number of nitrogens with two attached hydrogens (primary N) is 1. The Morgan fingerprint density at radius 1 is 1.47 bits per heavy atom. The molecule has 0 amide bonds. The number of nitrogens with one attached hydrogen (secondary N) is 1. The molecule has 0 radical (unpaired) electrons. The molecule has 1 aromatic heterocycles. The molecule has 2 rings (SSSR count). The zero-order valence-corrected chi connectivity index (χ0v) is 9.89. The van der Waals surface area contributed by atoms with Crippen LogP contribution >= 0.6 is 0 Å². The smallest absolute Gasteiger partial charge is 0.142 e. The summed E-state index contributed by atoms with van der Waals surface area (Å²) in [5.74, 6) is 1.40. The average Bonchev–Trinajstić information content (AvgIpc) is 2.90. The molecule has 1 fully saturated rings. The summed E-state index contributed by atoms with van der Waals surface area (Å²) in [6.45, 7) is 0.614. The van der Waals surface area contributed by atoms with Crippen LogP contribution in [0, 0.1) is 17.2 Å². The maximum atomic E-state index is 8.80. The summed E-state index contributed by atoms with van der Waals surface area (Å²) in [6.07, 6.45) is 5.09. The predicted molar refractivity (Wildman–Crippen MR) is 67.4 cm³/mol. The minimum Gasteiger partial charge on any atom is -0.366 e. The number of pyridine rings is 1. The Kier molecular flexibility index (Phi) is 3.94. The molecule has 90 valence electrons. The van der Waals surface area contributed by atoms with Gasteiger partial charge < -0.3 is 11.1 Å². The summed E-state index contributed by atoms with van der Waals surface area (Å²) < 4.78 is 0. The van der Waals surface area contributed by atoms with Crippen molar-refractivity contribution in [3.8, 4) is 6.07 Å². The van der Waals surface area contributed by atoms with Gasteiger partial charge >= 0.3 is 0 Å². The fourth-order valence-corrected chi connectivity index (χ4v) is 2.50. The van der Waals surface area contributed by atoms with Crippen molar-refractivity contribution < 1.29 is 0 Å². The Bertz CT molecular complexity index is 404. The van der Waals surface area contributed by atoms with Gasteiger partial charge in [0.15, 0.2) is 0 Å². The number of hydrogen-bond donors (Lipinski definition) is 2. The fourth-order valence-electron chi connectivity index (χ4n) is 2.50. The highest BCUT2D eigenvalue weighted by molar-refractivity contribution is 5.39. The Morgan fingerprint density at radius 2 is 2.24 bits per heavy atom. The van der Waals surface area contributed by atoms with Gasteiger partial charge in [0, 0.05) is 12.6 Å². The summed E-state index contributed by atoms with van der Waals surface area (Å²) in [7, 11) is 0. The summed E-state index contributed by atoms with van der Waals surface area (Å²) in [4.78, 5) is 4.22. The molecular formula is C13H18N4. The van der Waals surface area contributed by atoms with Gasteiger partial charge in [-0.3, -0.25) is 0 Å². The zero-order valence-electron chi connectivity index (χ0n) is 9.89. The zero-order chi connectivity index (χ0) is 12.1. The third kappa shape index (κ3) is 2.95. The normalized spacial score (nSPS) is 17.6. The first-order valence-corrected chi connectivity index (χ1v) is 6.17. The molecular weight excluding hydrogens is 212 g/mol. The summed E-state index contributed by atoms with van der Waals surface area (Å²) in [5.41, 5.74) is 6.26. The first kappa shape index (κ1) is 11.9. The summed E-state index contributed by atoms with van der Waals surface area (Å²) >= 11 is 0. The molecule has 0 saturated heterocycles. The van der Waals surface area contributed by atoms with Crippen LogP contribution in [0.25, 0.3) is 0 Å². The van der Waals surface area contributed by atoms with Crippen LogP contribution < -0.4 is 11.1 Å². The van der Waals surface area contributed by atoms with Crippen molar-refractivity contribution >= 4 is 5.82 Å². The van der Waals surface area contributed by atoms with Crippen molar-refractivity contribution in [1.29, 1.82) is 5.26 Å². The van der Waals surface area contributed by atoms with Crippen LogP contribution in [0.5, 0.6) is 0 Å². The molecule has 1 aliphatic carbocycles. The number of nitriles is 1. The number of nitrogens with zero attached hydrogens (tertiary/aromatic N) is 2. The SMILES string of the molecule is N#Cc1cccc(NC(CN)C2CCCC2)n1. The molecule has 1 saturated carbocycles. The van der Waals surface area contributed by atoms with Gasteiger partial charge in [-0.05, 0) is 30.9 Å². The molecule has 1 aromatic rings. The van der Waals surface area contributed by atoms with Crippen LogP contribution in [-0.2, 0) is 0 Å². The van der Waals surface area contributed by atoms with Crippen molar-refractivity contribution in [2.45, 2.75) is 31.7 Å². The van der Waals surface area contributed by atoms with E-state index in [-0.39, 0.29) is 6.04 Å². The lowest BCUT2D eigenvalue weighted by atomic mass is 9.98. The molecule has 1 unspecified atom stereocenters. The van der Waals surface area contributed by atoms with E-state index in [2.05, 4.69) is 10.3 Å². The quantitative estimate of drug-likeness (QED) is 0.828. The second kappa shape index (κ2) is 5.65. The molecule has 1 aliphatic rings. The van der Waals surface area contributed by atoms with E-state index in [9.17, 15) is 0 Å². The molecule has 1 atom stereocenters. The summed E-state index contributed by atoms with van der Waals surface area (Å²) in [5, 5.41) is 12.2. The van der Waals surface area contributed by atoms with Crippen LogP contribution in [0.4, 0.5) is 5.82 Å². The molecule has 0 aromatic carbocycles. The Labute approximate surface area is 102 Å². The highest BCUT2D eigenvalue weighted by Crippen LogP contribution is 2.28. The molecule has 0 bridgehead atoms. The lowest BCUT2D eigenvalue weighted by molar-refractivity contribution is 0.461. The number of aromatic nitrogens is 1. The molecule has 0 spiro atoms. The molecule has 4 heteroatoms. The molecule has 17 heavy (non-hydrogen) atoms. The van der Waals surface area contributed by atoms with Crippen molar-refractivity contribution in [1.82, 2.24) is 4.98 Å². The topological polar surface area (TPSA) is 74.7 Å².